The van der Waals surface area contributed by atoms with E-state index in [0.717, 1.165) is 35.5 Å². The van der Waals surface area contributed by atoms with E-state index in [4.69, 9.17) is 26.0 Å². The molecule has 0 radical (unpaired) electrons. The van der Waals surface area contributed by atoms with Crippen molar-refractivity contribution in [2.75, 3.05) is 0 Å². The number of morpholine rings is 2. The highest BCUT2D eigenvalue weighted by Gasteiger charge is 2.79. The first kappa shape index (κ1) is 36.3. The third-order valence-electron chi connectivity index (χ3n) is 20.3. The summed E-state index contributed by atoms with van der Waals surface area (Å²) in [4.78, 5) is 6.69. The second-order valence-electron chi connectivity index (χ2n) is 24.2. The Morgan fingerprint density at radius 1 is 0.500 bits per heavy atom. The summed E-state index contributed by atoms with van der Waals surface area (Å²) in [5, 5.41) is 0. The molecule has 0 bridgehead atoms. The van der Waals surface area contributed by atoms with Gasteiger partial charge < -0.3 is 14.2 Å². The van der Waals surface area contributed by atoms with Crippen molar-refractivity contribution in [2.24, 2.45) is 52.3 Å². The number of rotatable bonds is 0. The summed E-state index contributed by atoms with van der Waals surface area (Å²) in [6.07, 6.45) is 23.9. The van der Waals surface area contributed by atoms with Gasteiger partial charge in [0.15, 0.2) is 0 Å². The van der Waals surface area contributed by atoms with Gasteiger partial charge in [0.25, 0.3) is 0 Å². The maximum absolute atomic E-state index is 7.96. The molecule has 20 atom stereocenters. The molecular formula is C47H75N2O3PS. The predicted molar refractivity (Wildman–Crippen MR) is 221 cm³/mol. The van der Waals surface area contributed by atoms with Gasteiger partial charge in [0.1, 0.15) is 0 Å². The van der Waals surface area contributed by atoms with Gasteiger partial charge in [-0.3, -0.25) is 9.80 Å². The minimum absolute atomic E-state index is 0.253. The molecule has 0 aromatic rings. The molecule has 0 N–H and O–H groups in total. The van der Waals surface area contributed by atoms with E-state index >= 15 is 0 Å². The zero-order valence-electron chi connectivity index (χ0n) is 35.0. The van der Waals surface area contributed by atoms with Crippen LogP contribution in [-0.4, -0.2) is 99.7 Å². The molecule has 12 rings (SSSR count). The minimum Gasteiger partial charge on any atom is -0.373 e. The summed E-state index contributed by atoms with van der Waals surface area (Å²) in [5.74, 6) is 5.17. The lowest BCUT2D eigenvalue weighted by Gasteiger charge is -2.80. The van der Waals surface area contributed by atoms with Crippen LogP contribution < -0.4 is 0 Å². The van der Waals surface area contributed by atoms with Crippen LogP contribution in [0, 0.1) is 52.3 Å². The summed E-state index contributed by atoms with van der Waals surface area (Å²) in [7, 11) is 0. The van der Waals surface area contributed by atoms with Crippen molar-refractivity contribution in [3.8, 4) is 0 Å². The molecule has 0 spiro atoms. The molecule has 5 saturated heterocycles. The number of hydrogen-bond donors (Lipinski definition) is 0. The van der Waals surface area contributed by atoms with Gasteiger partial charge in [-0.05, 0) is 117 Å². The average Bonchev–Trinajstić information content (AvgIpc) is 3.14. The molecule has 5 nitrogen and oxygen atoms in total. The van der Waals surface area contributed by atoms with Crippen molar-refractivity contribution in [1.82, 2.24) is 9.80 Å². The molecule has 0 aromatic carbocycles. The number of fused-ring (bicyclic) bond motifs is 10. The Hall–Kier alpha value is 0.450. The highest BCUT2D eigenvalue weighted by Crippen LogP contribution is 2.80. The third-order valence-corrected chi connectivity index (χ3v) is 27.1. The largest absolute Gasteiger partial charge is 0.373 e. The van der Waals surface area contributed by atoms with Gasteiger partial charge in [0.05, 0.1) is 36.6 Å². The summed E-state index contributed by atoms with van der Waals surface area (Å²) in [6.45, 7) is 17.6. The van der Waals surface area contributed by atoms with Crippen LogP contribution in [0.5, 0.6) is 0 Å². The summed E-state index contributed by atoms with van der Waals surface area (Å²) >= 11 is 7.96. The third kappa shape index (κ3) is 4.78. The highest BCUT2D eigenvalue weighted by atomic mass is 32.4. The Morgan fingerprint density at radius 2 is 0.944 bits per heavy atom. The monoisotopic (exact) mass is 779 g/mol. The van der Waals surface area contributed by atoms with Crippen LogP contribution in [0.3, 0.4) is 0 Å². The Balaban J connectivity index is 1.05. The molecule has 302 valence electrons. The first-order chi connectivity index (χ1) is 25.8. The van der Waals surface area contributed by atoms with Crippen molar-refractivity contribution in [1.29, 1.82) is 0 Å². The van der Waals surface area contributed by atoms with Crippen LogP contribution in [0.25, 0.3) is 0 Å². The van der Waals surface area contributed by atoms with E-state index in [1.165, 1.54) is 103 Å². The minimum atomic E-state index is -1.93. The fraction of sp³-hybridized carbons (Fsp3) is 1.00. The van der Waals surface area contributed by atoms with E-state index in [9.17, 15) is 0 Å². The predicted octanol–water partition coefficient (Wildman–Crippen LogP) is 9.48. The quantitative estimate of drug-likeness (QED) is 0.228. The summed E-state index contributed by atoms with van der Waals surface area (Å²) in [5.41, 5.74) is 2.41. The first-order valence-corrected chi connectivity index (χ1v) is 27.0. The van der Waals surface area contributed by atoms with Gasteiger partial charge in [-0.25, -0.2) is 0 Å². The maximum atomic E-state index is 7.96. The number of hydrogen-bond acceptors (Lipinski definition) is 6. The van der Waals surface area contributed by atoms with Gasteiger partial charge >= 0.3 is 0 Å². The Bertz CT molecular complexity index is 1450. The van der Waals surface area contributed by atoms with Crippen LogP contribution in [0.2, 0.25) is 0 Å². The van der Waals surface area contributed by atoms with Crippen molar-refractivity contribution < 1.29 is 14.2 Å². The molecule has 12 fully saturated rings. The first-order valence-electron chi connectivity index (χ1n) is 23.9. The number of nitrogens with zero attached hydrogens (tertiary/aromatic N) is 2. The van der Waals surface area contributed by atoms with Crippen LogP contribution in [0.15, 0.2) is 0 Å². The molecule has 7 aliphatic carbocycles. The van der Waals surface area contributed by atoms with E-state index in [1.807, 2.05) is 0 Å². The Kier molecular flexibility index (Phi) is 8.25. The van der Waals surface area contributed by atoms with E-state index in [2.05, 4.69) is 58.3 Å². The highest BCUT2D eigenvalue weighted by molar-refractivity contribution is 8.15. The Labute approximate surface area is 333 Å². The molecule has 0 amide bonds. The average molecular weight is 779 g/mol. The molecule has 0 aromatic heterocycles. The van der Waals surface area contributed by atoms with Gasteiger partial charge in [-0.15, -0.1) is 0 Å². The molecule has 7 heteroatoms. The molecule has 12 aliphatic rings. The fourth-order valence-corrected chi connectivity index (χ4v) is 26.3. The normalized spacial score (nSPS) is 60.2. The smallest absolute Gasteiger partial charge is 0.0792 e. The number of ether oxygens (including phenoxy) is 3. The second-order valence-corrected chi connectivity index (χ2v) is 29.4. The molecular weight excluding hydrogens is 704 g/mol. The van der Waals surface area contributed by atoms with E-state index in [0.29, 0.717) is 94.4 Å². The molecule has 54 heavy (non-hydrogen) atoms. The lowest BCUT2D eigenvalue weighted by Crippen LogP contribution is -2.89. The van der Waals surface area contributed by atoms with Crippen molar-refractivity contribution in [3.63, 3.8) is 0 Å². The lowest BCUT2D eigenvalue weighted by atomic mass is 9.60. The van der Waals surface area contributed by atoms with Crippen LogP contribution in [0.4, 0.5) is 0 Å². The standard InChI is InChI=1S/C47H75N2O3PS/c1-24-41-39-45-40-42(24)52-34-23-28(47(5,6)7)17-19-32(34)49(40)38-30-15-11-9-13-26(30)21-36-44(38)53(45,54)43-35(50-36)20-25-12-8-10-14-29(25)37(43)48(39)31-18-16-27(46(2,3)4)22-33(31)51-41/h24-45H,8-23H2,1-7H3. The maximum Gasteiger partial charge on any atom is 0.0792 e. The van der Waals surface area contributed by atoms with Crippen LogP contribution in [0.1, 0.15) is 151 Å². The van der Waals surface area contributed by atoms with Gasteiger partial charge in [-0.2, -0.15) is 0 Å². The zero-order chi connectivity index (χ0) is 36.8. The van der Waals surface area contributed by atoms with Gasteiger partial charge in [0.2, 0.25) is 0 Å². The zero-order valence-corrected chi connectivity index (χ0v) is 36.7. The lowest BCUT2D eigenvalue weighted by molar-refractivity contribution is -0.294. The molecule has 20 unspecified atom stereocenters. The molecule has 7 saturated carbocycles. The second kappa shape index (κ2) is 12.3. The SMILES string of the molecule is CC1C2OC3CC(C(C)(C)C)CCC3N3C4C5CCCCC5CC5OC6CC7CCCCC7C7C6P(=S)(C54)C(C23)C2C1OC1CC(C(C)(C)C)CCC1N72. The fourth-order valence-electron chi connectivity index (χ4n) is 18.1. The van der Waals surface area contributed by atoms with Crippen molar-refractivity contribution in [3.05, 3.63) is 0 Å². The topological polar surface area (TPSA) is 34.2 Å². The van der Waals surface area contributed by atoms with Gasteiger partial charge in [-0.1, -0.05) is 98.8 Å². The van der Waals surface area contributed by atoms with Crippen molar-refractivity contribution in [2.45, 2.75) is 241 Å². The molecule has 5 heterocycles. The van der Waals surface area contributed by atoms with Crippen LogP contribution in [-0.2, 0) is 26.0 Å². The summed E-state index contributed by atoms with van der Waals surface area (Å²) in [6, 6.07) is 1.41. The van der Waals surface area contributed by atoms with E-state index in [-0.39, 0.29) is 12.2 Å². The van der Waals surface area contributed by atoms with Crippen molar-refractivity contribution >= 4 is 17.8 Å². The van der Waals surface area contributed by atoms with Gasteiger partial charge in [0, 0.05) is 59.1 Å². The Morgan fingerprint density at radius 3 is 1.39 bits per heavy atom. The van der Waals surface area contributed by atoms with E-state index < -0.39 is 6.04 Å². The summed E-state index contributed by atoms with van der Waals surface area (Å²) < 4.78 is 23.6. The van der Waals surface area contributed by atoms with E-state index in [1.54, 1.807) is 0 Å². The molecule has 5 aliphatic heterocycles. The van der Waals surface area contributed by atoms with Crippen LogP contribution >= 0.6 is 6.04 Å².